The van der Waals surface area contributed by atoms with Crippen molar-refractivity contribution in [1.82, 2.24) is 0 Å². The van der Waals surface area contributed by atoms with E-state index in [1.165, 1.54) is 18.2 Å². The van der Waals surface area contributed by atoms with Crippen LogP contribution in [-0.4, -0.2) is 28.1 Å². The van der Waals surface area contributed by atoms with E-state index >= 15 is 0 Å². The lowest BCUT2D eigenvalue weighted by molar-refractivity contribution is 0.0693. The SMILES string of the molecule is O=C(O)c1ccc(OCCBr)cc1O. The number of aromatic hydroxyl groups is 1. The van der Waals surface area contributed by atoms with Crippen molar-refractivity contribution in [2.24, 2.45) is 0 Å². The monoisotopic (exact) mass is 260 g/mol. The molecule has 4 nitrogen and oxygen atoms in total. The van der Waals surface area contributed by atoms with Crippen LogP contribution >= 0.6 is 15.9 Å². The molecule has 1 rings (SSSR count). The molecule has 0 unspecified atom stereocenters. The minimum atomic E-state index is -1.16. The third kappa shape index (κ3) is 2.63. The highest BCUT2D eigenvalue weighted by atomic mass is 79.9. The molecule has 0 aromatic heterocycles. The molecule has 0 amide bonds. The molecule has 0 heterocycles. The van der Waals surface area contributed by atoms with Crippen LogP contribution in [0.2, 0.25) is 0 Å². The molecule has 14 heavy (non-hydrogen) atoms. The Bertz CT molecular complexity index is 338. The van der Waals surface area contributed by atoms with Crippen molar-refractivity contribution in [3.05, 3.63) is 23.8 Å². The molecule has 0 bridgehead atoms. The maximum absolute atomic E-state index is 10.5. The summed E-state index contributed by atoms with van der Waals surface area (Å²) in [6.07, 6.45) is 0. The molecule has 0 aliphatic rings. The second-order valence-corrected chi connectivity index (χ2v) is 3.31. The Morgan fingerprint density at radius 3 is 2.71 bits per heavy atom. The Morgan fingerprint density at radius 2 is 2.21 bits per heavy atom. The molecule has 76 valence electrons. The first-order chi connectivity index (χ1) is 6.65. The Hall–Kier alpha value is -1.23. The molecule has 0 aliphatic heterocycles. The molecule has 1 aromatic rings. The average molecular weight is 261 g/mol. The fraction of sp³-hybridized carbons (Fsp3) is 0.222. The molecule has 0 saturated heterocycles. The quantitative estimate of drug-likeness (QED) is 0.812. The zero-order valence-corrected chi connectivity index (χ0v) is 8.82. The summed E-state index contributed by atoms with van der Waals surface area (Å²) in [4.78, 5) is 10.5. The van der Waals surface area contributed by atoms with Gasteiger partial charge in [0, 0.05) is 11.4 Å². The number of benzene rings is 1. The zero-order chi connectivity index (χ0) is 10.6. The van der Waals surface area contributed by atoms with E-state index in [9.17, 15) is 9.90 Å². The van der Waals surface area contributed by atoms with Crippen LogP contribution in [0.25, 0.3) is 0 Å². The smallest absolute Gasteiger partial charge is 0.339 e. The summed E-state index contributed by atoms with van der Waals surface area (Å²) in [6, 6.07) is 4.10. The minimum absolute atomic E-state index is 0.129. The van der Waals surface area contributed by atoms with E-state index in [4.69, 9.17) is 9.84 Å². The molecule has 0 spiro atoms. The van der Waals surface area contributed by atoms with E-state index in [0.717, 1.165) is 0 Å². The van der Waals surface area contributed by atoms with Crippen molar-refractivity contribution in [3.63, 3.8) is 0 Å². The van der Waals surface area contributed by atoms with Crippen molar-refractivity contribution >= 4 is 21.9 Å². The number of halogens is 1. The van der Waals surface area contributed by atoms with Gasteiger partial charge in [-0.05, 0) is 12.1 Å². The maximum Gasteiger partial charge on any atom is 0.339 e. The number of carboxylic acid groups (broad SMARTS) is 1. The van der Waals surface area contributed by atoms with Crippen LogP contribution in [0, 0.1) is 0 Å². The first-order valence-electron chi connectivity index (χ1n) is 3.90. The number of rotatable bonds is 4. The van der Waals surface area contributed by atoms with Crippen LogP contribution in [0.4, 0.5) is 0 Å². The summed E-state index contributed by atoms with van der Waals surface area (Å²) >= 11 is 3.18. The lowest BCUT2D eigenvalue weighted by Gasteiger charge is -2.05. The minimum Gasteiger partial charge on any atom is -0.507 e. The predicted molar refractivity (Wildman–Crippen MR) is 54.4 cm³/mol. The van der Waals surface area contributed by atoms with Gasteiger partial charge >= 0.3 is 5.97 Å². The van der Waals surface area contributed by atoms with Gasteiger partial charge in [0.25, 0.3) is 0 Å². The van der Waals surface area contributed by atoms with Gasteiger partial charge in [0.2, 0.25) is 0 Å². The number of ether oxygens (including phenoxy) is 1. The molecule has 1 aromatic carbocycles. The highest BCUT2D eigenvalue weighted by molar-refractivity contribution is 9.09. The molecule has 0 atom stereocenters. The van der Waals surface area contributed by atoms with Gasteiger partial charge in [-0.3, -0.25) is 0 Å². The second-order valence-electron chi connectivity index (χ2n) is 2.52. The highest BCUT2D eigenvalue weighted by Crippen LogP contribution is 2.23. The Labute approximate surface area is 89.3 Å². The van der Waals surface area contributed by atoms with E-state index in [0.29, 0.717) is 17.7 Å². The van der Waals surface area contributed by atoms with Gasteiger partial charge in [-0.1, -0.05) is 15.9 Å². The number of hydrogen-bond donors (Lipinski definition) is 2. The molecular weight excluding hydrogens is 252 g/mol. The molecule has 0 radical (unpaired) electrons. The number of carboxylic acids is 1. The second kappa shape index (κ2) is 4.85. The molecule has 0 fully saturated rings. The fourth-order valence-electron chi connectivity index (χ4n) is 0.939. The lowest BCUT2D eigenvalue weighted by Crippen LogP contribution is -2.00. The van der Waals surface area contributed by atoms with Crippen LogP contribution in [0.5, 0.6) is 11.5 Å². The van der Waals surface area contributed by atoms with Crippen molar-refractivity contribution in [1.29, 1.82) is 0 Å². The van der Waals surface area contributed by atoms with Crippen LogP contribution in [0.3, 0.4) is 0 Å². The fourth-order valence-corrected chi connectivity index (χ4v) is 1.10. The molecular formula is C9H9BrO4. The zero-order valence-electron chi connectivity index (χ0n) is 7.24. The van der Waals surface area contributed by atoms with Gasteiger partial charge in [-0.2, -0.15) is 0 Å². The lowest BCUT2D eigenvalue weighted by atomic mass is 10.2. The van der Waals surface area contributed by atoms with E-state index in [1.54, 1.807) is 0 Å². The molecule has 5 heteroatoms. The van der Waals surface area contributed by atoms with Gasteiger partial charge in [0.15, 0.2) is 0 Å². The Morgan fingerprint density at radius 1 is 1.50 bits per heavy atom. The van der Waals surface area contributed by atoms with E-state index < -0.39 is 5.97 Å². The maximum atomic E-state index is 10.5. The third-order valence-corrected chi connectivity index (χ3v) is 1.87. The average Bonchev–Trinajstić information content (AvgIpc) is 2.14. The number of alkyl halides is 1. The van der Waals surface area contributed by atoms with Crippen molar-refractivity contribution in [2.75, 3.05) is 11.9 Å². The van der Waals surface area contributed by atoms with Gasteiger partial charge in [-0.25, -0.2) is 4.79 Å². The van der Waals surface area contributed by atoms with E-state index in [1.807, 2.05) is 0 Å². The topological polar surface area (TPSA) is 66.8 Å². The van der Waals surface area contributed by atoms with Gasteiger partial charge < -0.3 is 14.9 Å². The van der Waals surface area contributed by atoms with Crippen LogP contribution in [0.1, 0.15) is 10.4 Å². The largest absolute Gasteiger partial charge is 0.507 e. The normalized spacial score (nSPS) is 9.79. The standard InChI is InChI=1S/C9H9BrO4/c10-3-4-14-6-1-2-7(9(12)13)8(11)5-6/h1-2,5,11H,3-4H2,(H,12,13). The summed E-state index contributed by atoms with van der Waals surface area (Å²) in [5, 5.41) is 18.6. The number of phenols is 1. The summed E-state index contributed by atoms with van der Waals surface area (Å²) < 4.78 is 5.17. The highest BCUT2D eigenvalue weighted by Gasteiger charge is 2.09. The summed E-state index contributed by atoms with van der Waals surface area (Å²) in [5.41, 5.74) is -0.129. The first-order valence-corrected chi connectivity index (χ1v) is 5.02. The van der Waals surface area contributed by atoms with E-state index in [-0.39, 0.29) is 11.3 Å². The summed E-state index contributed by atoms with van der Waals surface area (Å²) in [6.45, 7) is 0.464. The molecule has 0 saturated carbocycles. The van der Waals surface area contributed by atoms with Crippen LogP contribution in [0.15, 0.2) is 18.2 Å². The third-order valence-electron chi connectivity index (χ3n) is 1.55. The van der Waals surface area contributed by atoms with Crippen molar-refractivity contribution in [3.8, 4) is 11.5 Å². The van der Waals surface area contributed by atoms with E-state index in [2.05, 4.69) is 15.9 Å². The van der Waals surface area contributed by atoms with Crippen LogP contribution < -0.4 is 4.74 Å². The summed E-state index contributed by atoms with van der Waals surface area (Å²) in [5.74, 6) is -0.994. The van der Waals surface area contributed by atoms with Gasteiger partial charge in [0.1, 0.15) is 17.1 Å². The molecule has 2 N–H and O–H groups in total. The number of hydrogen-bond acceptors (Lipinski definition) is 3. The van der Waals surface area contributed by atoms with Crippen molar-refractivity contribution in [2.45, 2.75) is 0 Å². The number of carbonyl (C=O) groups is 1. The number of aromatic carboxylic acids is 1. The first kappa shape index (κ1) is 10.8. The predicted octanol–water partition coefficient (Wildman–Crippen LogP) is 1.86. The molecule has 0 aliphatic carbocycles. The van der Waals surface area contributed by atoms with Crippen molar-refractivity contribution < 1.29 is 19.7 Å². The van der Waals surface area contributed by atoms with Gasteiger partial charge in [0.05, 0.1) is 6.61 Å². The Balaban J connectivity index is 2.83. The van der Waals surface area contributed by atoms with Crippen LogP contribution in [-0.2, 0) is 0 Å². The Kier molecular flexibility index (Phi) is 3.76. The summed E-state index contributed by atoms with van der Waals surface area (Å²) in [7, 11) is 0. The van der Waals surface area contributed by atoms with Gasteiger partial charge in [-0.15, -0.1) is 0 Å².